The van der Waals surface area contributed by atoms with Gasteiger partial charge in [0.15, 0.2) is 8.03 Å². The van der Waals surface area contributed by atoms with E-state index in [-0.39, 0.29) is 0 Å². The van der Waals surface area contributed by atoms with E-state index in [9.17, 15) is 4.57 Å². The Morgan fingerprint density at radius 2 is 2.50 bits per heavy atom. The van der Waals surface area contributed by atoms with Gasteiger partial charge in [-0.3, -0.25) is 4.57 Å². The van der Waals surface area contributed by atoms with E-state index >= 15 is 0 Å². The molecule has 0 fully saturated rings. The molecule has 1 aromatic rings. The number of furan rings is 1. The van der Waals surface area contributed by atoms with Gasteiger partial charge in [0.2, 0.25) is 0 Å². The third-order valence-corrected chi connectivity index (χ3v) is 1.84. The van der Waals surface area contributed by atoms with E-state index in [1.807, 2.05) is 0 Å². The first-order valence-corrected chi connectivity index (χ1v) is 4.59. The van der Waals surface area contributed by atoms with E-state index in [4.69, 9.17) is 9.31 Å². The maximum absolute atomic E-state index is 10.2. The molecule has 0 aliphatic carbocycles. The molecule has 4 heteroatoms. The molecule has 0 bridgehead atoms. The highest BCUT2D eigenvalue weighted by Gasteiger charge is 1.97. The van der Waals surface area contributed by atoms with Crippen molar-refractivity contribution in [2.45, 2.75) is 6.42 Å². The van der Waals surface area contributed by atoms with Crippen LogP contribution in [0.2, 0.25) is 0 Å². The smallest absolute Gasteiger partial charge is 0.189 e. The molecule has 0 amide bonds. The number of hydrogen-bond acceptors (Lipinski definition) is 2. The summed E-state index contributed by atoms with van der Waals surface area (Å²) in [4.78, 5) is 8.46. The third kappa shape index (κ3) is 2.38. The summed E-state index contributed by atoms with van der Waals surface area (Å²) in [5.41, 5.74) is 0. The van der Waals surface area contributed by atoms with E-state index in [1.165, 1.54) is 0 Å². The zero-order valence-electron chi connectivity index (χ0n) is 5.41. The van der Waals surface area contributed by atoms with Crippen LogP contribution in [0.5, 0.6) is 0 Å². The molecule has 1 unspecified atom stereocenters. The van der Waals surface area contributed by atoms with Gasteiger partial charge < -0.3 is 9.31 Å². The Labute approximate surface area is 59.5 Å². The van der Waals surface area contributed by atoms with E-state index in [0.29, 0.717) is 12.6 Å². The molecular formula is C6H9O3P. The monoisotopic (exact) mass is 160 g/mol. The number of aryl methyl sites for hydroxylation is 1. The van der Waals surface area contributed by atoms with E-state index in [1.54, 1.807) is 18.4 Å². The van der Waals surface area contributed by atoms with Crippen molar-refractivity contribution in [1.82, 2.24) is 0 Å². The predicted molar refractivity (Wildman–Crippen MR) is 38.5 cm³/mol. The first-order valence-electron chi connectivity index (χ1n) is 3.03. The van der Waals surface area contributed by atoms with Gasteiger partial charge in [0.05, 0.1) is 6.26 Å². The van der Waals surface area contributed by atoms with E-state index in [0.717, 1.165) is 5.76 Å². The maximum Gasteiger partial charge on any atom is 0.189 e. The summed E-state index contributed by atoms with van der Waals surface area (Å²) >= 11 is 0. The molecule has 1 rings (SSSR count). The Hall–Kier alpha value is -0.530. The minimum Gasteiger partial charge on any atom is -0.469 e. The number of hydrogen-bond donors (Lipinski definition) is 1. The first-order chi connectivity index (χ1) is 4.79. The van der Waals surface area contributed by atoms with Crippen LogP contribution < -0.4 is 0 Å². The highest BCUT2D eigenvalue weighted by molar-refractivity contribution is 7.37. The maximum atomic E-state index is 10.2. The SMILES string of the molecule is O=[PH](O)CCc1ccco1. The summed E-state index contributed by atoms with van der Waals surface area (Å²) in [6, 6.07) is 3.56. The molecular weight excluding hydrogens is 151 g/mol. The fraction of sp³-hybridized carbons (Fsp3) is 0.333. The second-order valence-electron chi connectivity index (χ2n) is 1.97. The van der Waals surface area contributed by atoms with Crippen LogP contribution in [0, 0.1) is 0 Å². The predicted octanol–water partition coefficient (Wildman–Crippen LogP) is 1.29. The fourth-order valence-corrected chi connectivity index (χ4v) is 1.15. The normalized spacial score (nSPS) is 13.3. The van der Waals surface area contributed by atoms with Gasteiger partial charge in [-0.2, -0.15) is 0 Å². The highest BCUT2D eigenvalue weighted by atomic mass is 31.1. The van der Waals surface area contributed by atoms with Crippen LogP contribution in [0.25, 0.3) is 0 Å². The molecule has 0 saturated carbocycles. The minimum atomic E-state index is -2.32. The first kappa shape index (κ1) is 7.58. The van der Waals surface area contributed by atoms with Crippen LogP contribution >= 0.6 is 8.03 Å². The Bertz CT molecular complexity index is 205. The van der Waals surface area contributed by atoms with Gasteiger partial charge in [-0.15, -0.1) is 0 Å². The van der Waals surface area contributed by atoms with Crippen molar-refractivity contribution >= 4 is 8.03 Å². The average molecular weight is 160 g/mol. The summed E-state index contributed by atoms with van der Waals surface area (Å²) in [6.07, 6.45) is 2.43. The molecule has 1 aromatic heterocycles. The van der Waals surface area contributed by atoms with Crippen molar-refractivity contribution in [3.05, 3.63) is 24.2 Å². The lowest BCUT2D eigenvalue weighted by Gasteiger charge is -1.90. The van der Waals surface area contributed by atoms with Gasteiger partial charge in [-0.05, 0) is 12.1 Å². The lowest BCUT2D eigenvalue weighted by atomic mass is 10.4. The van der Waals surface area contributed by atoms with Crippen LogP contribution in [0.1, 0.15) is 5.76 Å². The second-order valence-corrected chi connectivity index (χ2v) is 3.26. The fourth-order valence-electron chi connectivity index (χ4n) is 0.685. The van der Waals surface area contributed by atoms with Crippen molar-refractivity contribution < 1.29 is 13.9 Å². The van der Waals surface area contributed by atoms with Crippen molar-refractivity contribution in [2.24, 2.45) is 0 Å². The molecule has 1 N–H and O–H groups in total. The van der Waals surface area contributed by atoms with Crippen molar-refractivity contribution in [2.75, 3.05) is 6.16 Å². The van der Waals surface area contributed by atoms with Crippen LogP contribution in [0.3, 0.4) is 0 Å². The van der Waals surface area contributed by atoms with Gasteiger partial charge in [0, 0.05) is 12.6 Å². The summed E-state index contributed by atoms with van der Waals surface area (Å²) in [7, 11) is -2.32. The molecule has 1 atom stereocenters. The zero-order valence-corrected chi connectivity index (χ0v) is 6.41. The van der Waals surface area contributed by atoms with Gasteiger partial charge in [0.25, 0.3) is 0 Å². The van der Waals surface area contributed by atoms with E-state index < -0.39 is 8.03 Å². The quantitative estimate of drug-likeness (QED) is 0.677. The van der Waals surface area contributed by atoms with Crippen molar-refractivity contribution in [3.63, 3.8) is 0 Å². The van der Waals surface area contributed by atoms with Gasteiger partial charge in [-0.25, -0.2) is 0 Å². The minimum absolute atomic E-state index is 0.318. The molecule has 0 aliphatic rings. The molecule has 1 heterocycles. The Kier molecular flexibility index (Phi) is 2.72. The molecule has 0 aromatic carbocycles. The van der Waals surface area contributed by atoms with Crippen molar-refractivity contribution in [1.29, 1.82) is 0 Å². The molecule has 0 aliphatic heterocycles. The second kappa shape index (κ2) is 3.59. The molecule has 56 valence electrons. The van der Waals surface area contributed by atoms with Gasteiger partial charge in [-0.1, -0.05) is 0 Å². The van der Waals surface area contributed by atoms with Gasteiger partial charge >= 0.3 is 0 Å². The summed E-state index contributed by atoms with van der Waals surface area (Å²) in [6.45, 7) is 0. The molecule has 0 spiro atoms. The Morgan fingerprint density at radius 1 is 1.70 bits per heavy atom. The van der Waals surface area contributed by atoms with E-state index in [2.05, 4.69) is 0 Å². The lowest BCUT2D eigenvalue weighted by molar-refractivity contribution is 0.490. The molecule has 3 nitrogen and oxygen atoms in total. The summed E-state index contributed by atoms with van der Waals surface area (Å²) in [5.74, 6) is 0.771. The number of rotatable bonds is 3. The summed E-state index contributed by atoms with van der Waals surface area (Å²) < 4.78 is 15.2. The largest absolute Gasteiger partial charge is 0.469 e. The van der Waals surface area contributed by atoms with Crippen LogP contribution in [-0.4, -0.2) is 11.1 Å². The lowest BCUT2D eigenvalue weighted by Crippen LogP contribution is -1.83. The highest BCUT2D eigenvalue weighted by Crippen LogP contribution is 2.15. The Morgan fingerprint density at radius 3 is 3.00 bits per heavy atom. The molecule has 0 radical (unpaired) electrons. The molecule has 10 heavy (non-hydrogen) atoms. The summed E-state index contributed by atoms with van der Waals surface area (Å²) in [5, 5.41) is 0. The van der Waals surface area contributed by atoms with Gasteiger partial charge in [0.1, 0.15) is 5.76 Å². The third-order valence-electron chi connectivity index (χ3n) is 1.17. The topological polar surface area (TPSA) is 50.4 Å². The van der Waals surface area contributed by atoms with Crippen LogP contribution in [-0.2, 0) is 11.0 Å². The average Bonchev–Trinajstić information content (AvgIpc) is 2.34. The molecule has 0 saturated heterocycles. The van der Waals surface area contributed by atoms with Crippen molar-refractivity contribution in [3.8, 4) is 0 Å². The standard InChI is InChI=1S/C6H9O3P/c7-10(8)5-3-6-2-1-4-9-6/h1-2,4,10H,3,5H2,(H,7,8). The Balaban J connectivity index is 2.35. The van der Waals surface area contributed by atoms with Crippen LogP contribution in [0.15, 0.2) is 22.8 Å². The zero-order chi connectivity index (χ0) is 7.40. The van der Waals surface area contributed by atoms with Crippen LogP contribution in [0.4, 0.5) is 0 Å².